The first-order valence-electron chi connectivity index (χ1n) is 6.29. The second-order valence-corrected chi connectivity index (χ2v) is 4.97. The van der Waals surface area contributed by atoms with Gasteiger partial charge in [-0.05, 0) is 39.0 Å². The summed E-state index contributed by atoms with van der Waals surface area (Å²) in [6.07, 6.45) is 5.90. The molecule has 0 spiro atoms. The molecule has 0 bridgehead atoms. The SMILES string of the molecule is CC1CCC(C(=O)N2CCCCC2)CN1. The second-order valence-electron chi connectivity index (χ2n) is 4.97. The van der Waals surface area contributed by atoms with Crippen molar-refractivity contribution in [3.63, 3.8) is 0 Å². The van der Waals surface area contributed by atoms with Crippen LogP contribution in [0.1, 0.15) is 39.0 Å². The molecule has 0 aromatic carbocycles. The molecule has 0 aromatic heterocycles. The van der Waals surface area contributed by atoms with E-state index in [9.17, 15) is 4.79 Å². The summed E-state index contributed by atoms with van der Waals surface area (Å²) in [5.41, 5.74) is 0. The minimum absolute atomic E-state index is 0.249. The van der Waals surface area contributed by atoms with Crippen LogP contribution in [-0.2, 0) is 4.79 Å². The first kappa shape index (κ1) is 10.9. The van der Waals surface area contributed by atoms with Gasteiger partial charge in [0.25, 0.3) is 0 Å². The number of piperidine rings is 2. The van der Waals surface area contributed by atoms with Crippen LogP contribution in [0, 0.1) is 5.92 Å². The van der Waals surface area contributed by atoms with E-state index in [1.54, 1.807) is 0 Å². The number of hydrogen-bond acceptors (Lipinski definition) is 2. The molecule has 2 atom stereocenters. The standard InChI is InChI=1S/C12H22N2O/c1-10-5-6-11(9-13-10)12(15)14-7-3-2-4-8-14/h10-11,13H,2-9H2,1H3. The number of nitrogens with zero attached hydrogens (tertiary/aromatic N) is 1. The number of carbonyl (C=O) groups excluding carboxylic acids is 1. The maximum absolute atomic E-state index is 12.1. The number of carbonyl (C=O) groups is 1. The molecule has 2 rings (SSSR count). The Morgan fingerprint density at radius 2 is 1.93 bits per heavy atom. The zero-order valence-electron chi connectivity index (χ0n) is 9.67. The van der Waals surface area contributed by atoms with Crippen molar-refractivity contribution in [2.24, 2.45) is 5.92 Å². The molecule has 3 heteroatoms. The van der Waals surface area contributed by atoms with Crippen LogP contribution in [0.3, 0.4) is 0 Å². The fraction of sp³-hybridized carbons (Fsp3) is 0.917. The fourth-order valence-corrected chi connectivity index (χ4v) is 2.58. The van der Waals surface area contributed by atoms with E-state index in [0.29, 0.717) is 11.9 Å². The van der Waals surface area contributed by atoms with Gasteiger partial charge >= 0.3 is 0 Å². The topological polar surface area (TPSA) is 32.3 Å². The molecule has 1 N–H and O–H groups in total. The highest BCUT2D eigenvalue weighted by atomic mass is 16.2. The Morgan fingerprint density at radius 1 is 1.20 bits per heavy atom. The maximum atomic E-state index is 12.1. The third-order valence-electron chi connectivity index (χ3n) is 3.68. The van der Waals surface area contributed by atoms with Crippen molar-refractivity contribution < 1.29 is 4.79 Å². The fourth-order valence-electron chi connectivity index (χ4n) is 2.58. The van der Waals surface area contributed by atoms with Gasteiger partial charge in [0.15, 0.2) is 0 Å². The Kier molecular flexibility index (Phi) is 3.62. The van der Waals surface area contributed by atoms with E-state index in [1.807, 2.05) is 0 Å². The van der Waals surface area contributed by atoms with E-state index in [-0.39, 0.29) is 5.92 Å². The van der Waals surface area contributed by atoms with Crippen molar-refractivity contribution in [3.05, 3.63) is 0 Å². The summed E-state index contributed by atoms with van der Waals surface area (Å²) in [6, 6.07) is 0.593. The Labute approximate surface area is 92.2 Å². The van der Waals surface area contributed by atoms with Crippen LogP contribution < -0.4 is 5.32 Å². The van der Waals surface area contributed by atoms with Gasteiger partial charge in [-0.1, -0.05) is 0 Å². The zero-order chi connectivity index (χ0) is 10.7. The van der Waals surface area contributed by atoms with Crippen molar-refractivity contribution in [1.29, 1.82) is 0 Å². The summed E-state index contributed by atoms with van der Waals surface area (Å²) < 4.78 is 0. The maximum Gasteiger partial charge on any atom is 0.226 e. The van der Waals surface area contributed by atoms with Crippen LogP contribution in [0.5, 0.6) is 0 Å². The van der Waals surface area contributed by atoms with Crippen LogP contribution in [0.4, 0.5) is 0 Å². The molecule has 2 heterocycles. The van der Waals surface area contributed by atoms with Gasteiger partial charge in [0.05, 0.1) is 5.92 Å². The van der Waals surface area contributed by atoms with Crippen LogP contribution >= 0.6 is 0 Å². The lowest BCUT2D eigenvalue weighted by Gasteiger charge is -2.33. The van der Waals surface area contributed by atoms with Gasteiger partial charge in [-0.15, -0.1) is 0 Å². The first-order valence-corrected chi connectivity index (χ1v) is 6.29. The Hall–Kier alpha value is -0.570. The van der Waals surface area contributed by atoms with Gasteiger partial charge in [-0.2, -0.15) is 0 Å². The third kappa shape index (κ3) is 2.71. The predicted molar refractivity (Wildman–Crippen MR) is 60.6 cm³/mol. The van der Waals surface area contributed by atoms with Crippen molar-refractivity contribution in [1.82, 2.24) is 10.2 Å². The molecule has 1 amide bonds. The molecule has 86 valence electrons. The van der Waals surface area contributed by atoms with Crippen molar-refractivity contribution in [3.8, 4) is 0 Å². The summed E-state index contributed by atoms with van der Waals surface area (Å²) in [7, 11) is 0. The average molecular weight is 210 g/mol. The average Bonchev–Trinajstić information content (AvgIpc) is 2.30. The monoisotopic (exact) mass is 210 g/mol. The summed E-state index contributed by atoms with van der Waals surface area (Å²) in [5.74, 6) is 0.647. The largest absolute Gasteiger partial charge is 0.342 e. The van der Waals surface area contributed by atoms with Crippen LogP contribution in [0.25, 0.3) is 0 Å². The van der Waals surface area contributed by atoms with Gasteiger partial charge in [0.2, 0.25) is 5.91 Å². The second kappa shape index (κ2) is 4.97. The van der Waals surface area contributed by atoms with E-state index in [2.05, 4.69) is 17.1 Å². The molecule has 2 saturated heterocycles. The third-order valence-corrected chi connectivity index (χ3v) is 3.68. The van der Waals surface area contributed by atoms with Gasteiger partial charge in [0, 0.05) is 25.7 Å². The van der Waals surface area contributed by atoms with Crippen molar-refractivity contribution >= 4 is 5.91 Å². The highest BCUT2D eigenvalue weighted by molar-refractivity contribution is 5.79. The van der Waals surface area contributed by atoms with E-state index < -0.39 is 0 Å². The molecule has 3 nitrogen and oxygen atoms in total. The molecule has 0 radical (unpaired) electrons. The molecule has 2 fully saturated rings. The summed E-state index contributed by atoms with van der Waals surface area (Å²) in [5, 5.41) is 3.40. The highest BCUT2D eigenvalue weighted by Gasteiger charge is 2.28. The number of rotatable bonds is 1. The smallest absolute Gasteiger partial charge is 0.226 e. The van der Waals surface area contributed by atoms with E-state index in [4.69, 9.17) is 0 Å². The lowest BCUT2D eigenvalue weighted by Crippen LogP contribution is -2.47. The molecule has 2 aliphatic heterocycles. The molecule has 0 saturated carbocycles. The number of hydrogen-bond donors (Lipinski definition) is 1. The number of amides is 1. The van der Waals surface area contributed by atoms with Crippen molar-refractivity contribution in [2.75, 3.05) is 19.6 Å². The molecular formula is C12H22N2O. The number of nitrogens with one attached hydrogen (secondary N) is 1. The normalized spacial score (nSPS) is 32.7. The predicted octanol–water partition coefficient (Wildman–Crippen LogP) is 1.39. The Morgan fingerprint density at radius 3 is 2.53 bits per heavy atom. The Balaban J connectivity index is 1.84. The molecule has 2 unspecified atom stereocenters. The summed E-state index contributed by atoms with van der Waals surface area (Å²) >= 11 is 0. The van der Waals surface area contributed by atoms with E-state index in [0.717, 1.165) is 32.5 Å². The molecule has 0 aromatic rings. The minimum atomic E-state index is 0.249. The van der Waals surface area contributed by atoms with E-state index in [1.165, 1.54) is 19.3 Å². The van der Waals surface area contributed by atoms with Crippen LogP contribution in [0.15, 0.2) is 0 Å². The quantitative estimate of drug-likeness (QED) is 0.709. The first-order chi connectivity index (χ1) is 7.27. The van der Waals surface area contributed by atoms with Crippen molar-refractivity contribution in [2.45, 2.75) is 45.1 Å². The Bertz CT molecular complexity index is 216. The molecule has 0 aliphatic carbocycles. The van der Waals surface area contributed by atoms with E-state index >= 15 is 0 Å². The van der Waals surface area contributed by atoms with Gasteiger partial charge < -0.3 is 10.2 Å². The highest BCUT2D eigenvalue weighted by Crippen LogP contribution is 2.19. The summed E-state index contributed by atoms with van der Waals surface area (Å²) in [6.45, 7) is 5.06. The number of likely N-dealkylation sites (tertiary alicyclic amines) is 1. The van der Waals surface area contributed by atoms with Gasteiger partial charge in [-0.25, -0.2) is 0 Å². The van der Waals surface area contributed by atoms with Gasteiger partial charge in [-0.3, -0.25) is 4.79 Å². The minimum Gasteiger partial charge on any atom is -0.342 e. The van der Waals surface area contributed by atoms with Crippen LogP contribution in [0.2, 0.25) is 0 Å². The molecular weight excluding hydrogens is 188 g/mol. The molecule has 15 heavy (non-hydrogen) atoms. The van der Waals surface area contributed by atoms with Gasteiger partial charge in [0.1, 0.15) is 0 Å². The molecule has 2 aliphatic rings. The lowest BCUT2D eigenvalue weighted by atomic mass is 9.93. The summed E-state index contributed by atoms with van der Waals surface area (Å²) in [4.78, 5) is 14.2. The zero-order valence-corrected chi connectivity index (χ0v) is 9.67. The van der Waals surface area contributed by atoms with Crippen LogP contribution in [-0.4, -0.2) is 36.5 Å². The lowest BCUT2D eigenvalue weighted by molar-refractivity contribution is -0.137.